The zero-order valence-electron chi connectivity index (χ0n) is 10.6. The van der Waals surface area contributed by atoms with Crippen molar-refractivity contribution in [1.29, 1.82) is 0 Å². The number of nitrogens with zero attached hydrogens (tertiary/aromatic N) is 2. The molecule has 21 heavy (non-hydrogen) atoms. The summed E-state index contributed by atoms with van der Waals surface area (Å²) in [7, 11) is 0. The third-order valence-electron chi connectivity index (χ3n) is 2.40. The molecule has 2 aromatic heterocycles. The molecule has 0 aliphatic rings. The van der Waals surface area contributed by atoms with Crippen molar-refractivity contribution >= 4 is 22.4 Å². The summed E-state index contributed by atoms with van der Waals surface area (Å²) in [4.78, 5) is 18.3. The van der Waals surface area contributed by atoms with Crippen LogP contribution in [0.3, 0.4) is 0 Å². The quantitative estimate of drug-likeness (QED) is 0.831. The number of carbonyl (C=O) groups is 1. The van der Waals surface area contributed by atoms with E-state index in [2.05, 4.69) is 20.6 Å². The summed E-state index contributed by atoms with van der Waals surface area (Å²) in [6.45, 7) is 0.533. The lowest BCUT2D eigenvalue weighted by Crippen LogP contribution is -2.28. The number of hydrogen-bond acceptors (Lipinski definition) is 5. The standard InChI is InChI=1S/C12H11F3N4OS/c13-12(14,15)9-7-19-11(21-9)18-5-4-17-10(20)8-2-1-3-16-6-8/h1-3,6-7H,4-5H2,(H,17,20)(H,18,19). The van der Waals surface area contributed by atoms with Crippen molar-refractivity contribution in [3.63, 3.8) is 0 Å². The first kappa shape index (κ1) is 15.2. The Morgan fingerprint density at radius 2 is 2.10 bits per heavy atom. The highest BCUT2D eigenvalue weighted by Crippen LogP contribution is 2.34. The zero-order chi connectivity index (χ0) is 15.3. The molecule has 0 saturated heterocycles. The molecular formula is C12H11F3N4OS. The first-order valence-electron chi connectivity index (χ1n) is 5.92. The molecule has 9 heteroatoms. The Morgan fingerprint density at radius 1 is 1.29 bits per heavy atom. The number of amides is 1. The fourth-order valence-corrected chi connectivity index (χ4v) is 2.14. The number of aromatic nitrogens is 2. The lowest BCUT2D eigenvalue weighted by molar-refractivity contribution is -0.134. The van der Waals surface area contributed by atoms with Crippen LogP contribution in [0.5, 0.6) is 0 Å². The highest BCUT2D eigenvalue weighted by atomic mass is 32.1. The molecule has 0 saturated carbocycles. The predicted molar refractivity (Wildman–Crippen MR) is 72.2 cm³/mol. The van der Waals surface area contributed by atoms with Gasteiger partial charge in [-0.1, -0.05) is 11.3 Å². The van der Waals surface area contributed by atoms with Crippen molar-refractivity contribution < 1.29 is 18.0 Å². The second kappa shape index (κ2) is 6.53. The first-order chi connectivity index (χ1) is 9.97. The molecular weight excluding hydrogens is 305 g/mol. The minimum atomic E-state index is -4.38. The van der Waals surface area contributed by atoms with Gasteiger partial charge < -0.3 is 10.6 Å². The van der Waals surface area contributed by atoms with Crippen LogP contribution in [0.25, 0.3) is 0 Å². The first-order valence-corrected chi connectivity index (χ1v) is 6.73. The van der Waals surface area contributed by atoms with Crippen LogP contribution < -0.4 is 10.6 Å². The average Bonchev–Trinajstić information content (AvgIpc) is 2.93. The molecule has 0 unspecified atom stereocenters. The molecule has 0 atom stereocenters. The highest BCUT2D eigenvalue weighted by Gasteiger charge is 2.33. The number of carbonyl (C=O) groups excluding carboxylic acids is 1. The van der Waals surface area contributed by atoms with Gasteiger partial charge in [0.25, 0.3) is 5.91 Å². The van der Waals surface area contributed by atoms with E-state index in [4.69, 9.17) is 0 Å². The summed E-state index contributed by atoms with van der Waals surface area (Å²) in [5, 5.41) is 5.51. The van der Waals surface area contributed by atoms with Gasteiger partial charge in [0.05, 0.1) is 11.8 Å². The Morgan fingerprint density at radius 3 is 2.71 bits per heavy atom. The van der Waals surface area contributed by atoms with Crippen LogP contribution in [0.2, 0.25) is 0 Å². The number of hydrogen-bond donors (Lipinski definition) is 2. The van der Waals surface area contributed by atoms with Crippen molar-refractivity contribution in [2.45, 2.75) is 6.18 Å². The summed E-state index contributed by atoms with van der Waals surface area (Å²) in [6, 6.07) is 3.26. The van der Waals surface area contributed by atoms with Crippen molar-refractivity contribution in [2.24, 2.45) is 0 Å². The summed E-state index contributed by atoms with van der Waals surface area (Å²) in [6.07, 6.45) is -0.619. The van der Waals surface area contributed by atoms with E-state index in [1.54, 1.807) is 18.3 Å². The van der Waals surface area contributed by atoms with Crippen molar-refractivity contribution in [1.82, 2.24) is 15.3 Å². The maximum atomic E-state index is 12.4. The van der Waals surface area contributed by atoms with Gasteiger partial charge in [-0.15, -0.1) is 0 Å². The van der Waals surface area contributed by atoms with E-state index in [9.17, 15) is 18.0 Å². The minimum Gasteiger partial charge on any atom is -0.360 e. The smallest absolute Gasteiger partial charge is 0.360 e. The number of rotatable bonds is 5. The van der Waals surface area contributed by atoms with Gasteiger partial charge in [-0.2, -0.15) is 13.2 Å². The summed E-state index contributed by atoms with van der Waals surface area (Å²) in [5.74, 6) is -0.292. The van der Waals surface area contributed by atoms with E-state index in [-0.39, 0.29) is 24.1 Å². The third-order valence-corrected chi connectivity index (χ3v) is 3.40. The summed E-state index contributed by atoms with van der Waals surface area (Å²) in [5.41, 5.74) is 0.422. The monoisotopic (exact) mass is 316 g/mol. The molecule has 0 fully saturated rings. The molecule has 0 radical (unpaired) electrons. The molecule has 0 aliphatic carbocycles. The number of pyridine rings is 1. The van der Waals surface area contributed by atoms with Crippen LogP contribution in [0.15, 0.2) is 30.7 Å². The number of halogens is 3. The minimum absolute atomic E-state index is 0.165. The summed E-state index contributed by atoms with van der Waals surface area (Å²) >= 11 is 0.525. The topological polar surface area (TPSA) is 66.9 Å². The molecule has 0 aromatic carbocycles. The Kier molecular flexibility index (Phi) is 4.73. The molecule has 2 rings (SSSR count). The largest absolute Gasteiger partial charge is 0.427 e. The van der Waals surface area contributed by atoms with Gasteiger partial charge in [0, 0.05) is 25.5 Å². The van der Waals surface area contributed by atoms with Gasteiger partial charge in [0.15, 0.2) is 5.13 Å². The van der Waals surface area contributed by atoms with Crippen LogP contribution in [0, 0.1) is 0 Å². The van der Waals surface area contributed by atoms with Crippen LogP contribution in [-0.4, -0.2) is 29.0 Å². The second-order valence-corrected chi connectivity index (χ2v) is 4.98. The SMILES string of the molecule is O=C(NCCNc1ncc(C(F)(F)F)s1)c1cccnc1. The number of nitrogens with one attached hydrogen (secondary N) is 2. The average molecular weight is 316 g/mol. The van der Waals surface area contributed by atoms with Crippen molar-refractivity contribution in [3.05, 3.63) is 41.2 Å². The Bertz CT molecular complexity index is 600. The third kappa shape index (κ3) is 4.42. The van der Waals surface area contributed by atoms with E-state index >= 15 is 0 Å². The van der Waals surface area contributed by atoms with Crippen molar-refractivity contribution in [3.8, 4) is 0 Å². The van der Waals surface area contributed by atoms with E-state index in [0.717, 1.165) is 6.20 Å². The van der Waals surface area contributed by atoms with Crippen LogP contribution in [0.1, 0.15) is 15.2 Å². The molecule has 0 bridgehead atoms. The zero-order valence-corrected chi connectivity index (χ0v) is 11.5. The molecule has 2 aromatic rings. The molecule has 1 amide bonds. The van der Waals surface area contributed by atoms with E-state index < -0.39 is 11.1 Å². The van der Waals surface area contributed by atoms with Gasteiger partial charge in [-0.3, -0.25) is 9.78 Å². The fourth-order valence-electron chi connectivity index (χ4n) is 1.43. The Labute approximate surface area is 122 Å². The van der Waals surface area contributed by atoms with E-state index in [1.165, 1.54) is 6.20 Å². The predicted octanol–water partition coefficient (Wildman–Crippen LogP) is 2.40. The molecule has 0 aliphatic heterocycles. The maximum Gasteiger partial charge on any atom is 0.427 e. The normalized spacial score (nSPS) is 11.2. The van der Waals surface area contributed by atoms with Gasteiger partial charge in [-0.05, 0) is 12.1 Å². The fraction of sp³-hybridized carbons (Fsp3) is 0.250. The number of anilines is 1. The molecule has 2 heterocycles. The van der Waals surface area contributed by atoms with E-state index in [0.29, 0.717) is 16.9 Å². The van der Waals surface area contributed by atoms with Crippen molar-refractivity contribution in [2.75, 3.05) is 18.4 Å². The lowest BCUT2D eigenvalue weighted by atomic mass is 10.3. The molecule has 2 N–H and O–H groups in total. The lowest BCUT2D eigenvalue weighted by Gasteiger charge is -2.05. The van der Waals surface area contributed by atoms with Gasteiger partial charge in [0.2, 0.25) is 0 Å². The second-order valence-electron chi connectivity index (χ2n) is 3.95. The highest BCUT2D eigenvalue weighted by molar-refractivity contribution is 7.15. The van der Waals surface area contributed by atoms with E-state index in [1.807, 2.05) is 0 Å². The molecule has 112 valence electrons. The van der Waals surface area contributed by atoms with Gasteiger partial charge >= 0.3 is 6.18 Å². The maximum absolute atomic E-state index is 12.4. The Hall–Kier alpha value is -2.16. The molecule has 0 spiro atoms. The molecule has 5 nitrogen and oxygen atoms in total. The Balaban J connectivity index is 1.75. The van der Waals surface area contributed by atoms with Crippen LogP contribution in [-0.2, 0) is 6.18 Å². The number of thiazole rings is 1. The van der Waals surface area contributed by atoms with Crippen LogP contribution >= 0.6 is 11.3 Å². The van der Waals surface area contributed by atoms with Gasteiger partial charge in [0.1, 0.15) is 4.88 Å². The van der Waals surface area contributed by atoms with Crippen LogP contribution in [0.4, 0.5) is 18.3 Å². The number of alkyl halides is 3. The summed E-state index contributed by atoms with van der Waals surface area (Å²) < 4.78 is 37.1. The van der Waals surface area contributed by atoms with Gasteiger partial charge in [-0.25, -0.2) is 4.98 Å².